The van der Waals surface area contributed by atoms with Crippen LogP contribution in [0.5, 0.6) is 0 Å². The minimum atomic E-state index is -3.52. The number of nitrogens with zero attached hydrogens (tertiary/aromatic N) is 4. The van der Waals surface area contributed by atoms with Gasteiger partial charge in [-0.25, -0.2) is 8.42 Å². The largest absolute Gasteiger partial charge is 0.308 e. The van der Waals surface area contributed by atoms with Gasteiger partial charge in [0.25, 0.3) is 0 Å². The number of carbonyl (C=O) groups is 1. The quantitative estimate of drug-likeness (QED) is 0.373. The second-order valence-electron chi connectivity index (χ2n) is 6.78. The predicted molar refractivity (Wildman–Crippen MR) is 120 cm³/mol. The molecule has 3 rings (SSSR count). The molecule has 30 heavy (non-hydrogen) atoms. The molecule has 0 fully saturated rings. The Labute approximate surface area is 185 Å². The van der Waals surface area contributed by atoms with E-state index in [9.17, 15) is 13.2 Å². The number of aromatic nitrogens is 3. The van der Waals surface area contributed by atoms with Crippen LogP contribution in [0.2, 0.25) is 5.02 Å². The molecular formula is C20H21ClN4O3S2. The second kappa shape index (κ2) is 9.20. The maximum absolute atomic E-state index is 12.4. The maximum atomic E-state index is 12.4. The summed E-state index contributed by atoms with van der Waals surface area (Å²) in [5, 5.41) is 9.35. The molecule has 0 atom stereocenters. The molecule has 0 aliphatic rings. The van der Waals surface area contributed by atoms with Crippen LogP contribution < -0.4 is 4.31 Å². The highest BCUT2D eigenvalue weighted by atomic mass is 35.5. The Kier molecular flexibility index (Phi) is 6.84. The first-order valence-electron chi connectivity index (χ1n) is 8.99. The number of benzene rings is 2. The lowest BCUT2D eigenvalue weighted by Gasteiger charge is -2.22. The van der Waals surface area contributed by atoms with Crippen LogP contribution in [0.1, 0.15) is 21.7 Å². The molecule has 158 valence electrons. The minimum absolute atomic E-state index is 0.0388. The topological polar surface area (TPSA) is 85.2 Å². The van der Waals surface area contributed by atoms with Crippen LogP contribution in [-0.4, -0.2) is 41.0 Å². The van der Waals surface area contributed by atoms with Crippen LogP contribution in [0.3, 0.4) is 0 Å². The van der Waals surface area contributed by atoms with Crippen molar-refractivity contribution in [2.75, 3.05) is 16.3 Å². The van der Waals surface area contributed by atoms with E-state index in [1.165, 1.54) is 16.1 Å². The van der Waals surface area contributed by atoms with Crippen molar-refractivity contribution in [2.24, 2.45) is 7.05 Å². The lowest BCUT2D eigenvalue weighted by molar-refractivity contribution is 0.102. The van der Waals surface area contributed by atoms with Crippen molar-refractivity contribution in [1.29, 1.82) is 0 Å². The number of hydrogen-bond acceptors (Lipinski definition) is 6. The zero-order valence-corrected chi connectivity index (χ0v) is 19.1. The molecule has 3 aromatic rings. The van der Waals surface area contributed by atoms with Crippen molar-refractivity contribution >= 4 is 44.9 Å². The fourth-order valence-electron chi connectivity index (χ4n) is 2.70. The normalized spacial score (nSPS) is 11.5. The highest BCUT2D eigenvalue weighted by Gasteiger charge is 2.21. The average molecular weight is 465 g/mol. The molecule has 1 aromatic heterocycles. The number of aryl methyl sites for hydroxylation is 1. The number of hydrogen-bond donors (Lipinski definition) is 0. The van der Waals surface area contributed by atoms with Gasteiger partial charge in [0.2, 0.25) is 10.0 Å². The third kappa shape index (κ3) is 5.41. The summed E-state index contributed by atoms with van der Waals surface area (Å²) >= 11 is 7.10. The van der Waals surface area contributed by atoms with Crippen LogP contribution in [0.15, 0.2) is 53.7 Å². The lowest BCUT2D eigenvalue weighted by Crippen LogP contribution is -2.30. The smallest absolute Gasteiger partial charge is 0.232 e. The summed E-state index contributed by atoms with van der Waals surface area (Å²) < 4.78 is 27.7. The van der Waals surface area contributed by atoms with E-state index in [0.29, 0.717) is 27.3 Å². The van der Waals surface area contributed by atoms with E-state index in [1.54, 1.807) is 48.0 Å². The summed E-state index contributed by atoms with van der Waals surface area (Å²) in [4.78, 5) is 12.4. The lowest BCUT2D eigenvalue weighted by atomic mass is 10.1. The molecule has 2 aromatic carbocycles. The van der Waals surface area contributed by atoms with Gasteiger partial charge in [0, 0.05) is 17.6 Å². The van der Waals surface area contributed by atoms with Gasteiger partial charge in [0.1, 0.15) is 0 Å². The molecule has 0 saturated carbocycles. The Morgan fingerprint density at radius 1 is 1.10 bits per heavy atom. The van der Waals surface area contributed by atoms with E-state index in [0.717, 1.165) is 11.8 Å². The van der Waals surface area contributed by atoms with E-state index >= 15 is 0 Å². The van der Waals surface area contributed by atoms with Crippen LogP contribution in [0.4, 0.5) is 5.69 Å². The molecule has 0 aliphatic carbocycles. The maximum Gasteiger partial charge on any atom is 0.232 e. The van der Waals surface area contributed by atoms with Crippen molar-refractivity contribution in [3.8, 4) is 0 Å². The summed E-state index contributed by atoms with van der Waals surface area (Å²) in [6, 6.07) is 13.9. The van der Waals surface area contributed by atoms with E-state index in [4.69, 9.17) is 11.6 Å². The van der Waals surface area contributed by atoms with Crippen molar-refractivity contribution in [3.05, 3.63) is 70.5 Å². The Balaban J connectivity index is 1.74. The first-order valence-corrected chi connectivity index (χ1v) is 12.2. The van der Waals surface area contributed by atoms with Crippen LogP contribution >= 0.6 is 23.4 Å². The molecule has 0 saturated heterocycles. The van der Waals surface area contributed by atoms with Gasteiger partial charge >= 0.3 is 0 Å². The molecular weight excluding hydrogens is 444 g/mol. The SMILES string of the molecule is Cc1ccc(N(Cc2nnc(SCC(=O)c3ccc(Cl)cc3)n2C)S(C)(=O)=O)cc1. The van der Waals surface area contributed by atoms with Gasteiger partial charge in [0.05, 0.1) is 24.2 Å². The van der Waals surface area contributed by atoms with Gasteiger partial charge in [-0.1, -0.05) is 41.1 Å². The van der Waals surface area contributed by atoms with Gasteiger partial charge < -0.3 is 4.57 Å². The van der Waals surface area contributed by atoms with Crippen LogP contribution in [0.25, 0.3) is 0 Å². The Hall–Kier alpha value is -2.36. The number of carbonyl (C=O) groups excluding carboxylic acids is 1. The molecule has 0 radical (unpaired) electrons. The van der Waals surface area contributed by atoms with E-state index in [2.05, 4.69) is 10.2 Å². The zero-order chi connectivity index (χ0) is 21.9. The summed E-state index contributed by atoms with van der Waals surface area (Å²) in [5.74, 6) is 0.600. The van der Waals surface area contributed by atoms with E-state index in [1.807, 2.05) is 19.1 Å². The summed E-state index contributed by atoms with van der Waals surface area (Å²) in [6.07, 6.45) is 1.16. The minimum Gasteiger partial charge on any atom is -0.308 e. The third-order valence-electron chi connectivity index (χ3n) is 4.43. The van der Waals surface area contributed by atoms with Crippen molar-refractivity contribution < 1.29 is 13.2 Å². The molecule has 0 unspecified atom stereocenters. The zero-order valence-electron chi connectivity index (χ0n) is 16.7. The molecule has 10 heteroatoms. The van der Waals surface area contributed by atoms with Gasteiger partial charge in [-0.05, 0) is 43.3 Å². The summed E-state index contributed by atoms with van der Waals surface area (Å²) in [5.41, 5.74) is 2.16. The Morgan fingerprint density at radius 3 is 2.33 bits per heavy atom. The van der Waals surface area contributed by atoms with Gasteiger partial charge in [-0.15, -0.1) is 10.2 Å². The predicted octanol–water partition coefficient (Wildman–Crippen LogP) is 3.72. The number of anilines is 1. The van der Waals surface area contributed by atoms with Crippen molar-refractivity contribution in [2.45, 2.75) is 18.6 Å². The molecule has 0 aliphatic heterocycles. The molecule has 0 N–H and O–H groups in total. The number of ketones is 1. The first kappa shape index (κ1) is 22.3. The molecule has 1 heterocycles. The highest BCUT2D eigenvalue weighted by molar-refractivity contribution is 7.99. The summed E-state index contributed by atoms with van der Waals surface area (Å²) in [6.45, 7) is 1.98. The number of rotatable bonds is 8. The van der Waals surface area contributed by atoms with Gasteiger partial charge in [-0.3, -0.25) is 9.10 Å². The highest BCUT2D eigenvalue weighted by Crippen LogP contribution is 2.23. The standard InChI is InChI=1S/C20H21ClN4O3S2/c1-14-4-10-17(11-5-14)25(30(3,27)28)12-19-22-23-20(24(19)2)29-13-18(26)15-6-8-16(21)9-7-15/h4-11H,12-13H2,1-3H3. The van der Waals surface area contributed by atoms with E-state index in [-0.39, 0.29) is 18.1 Å². The second-order valence-corrected chi connectivity index (χ2v) is 10.1. The molecule has 0 spiro atoms. The Morgan fingerprint density at radius 2 is 1.73 bits per heavy atom. The van der Waals surface area contributed by atoms with Crippen molar-refractivity contribution in [1.82, 2.24) is 14.8 Å². The van der Waals surface area contributed by atoms with Crippen molar-refractivity contribution in [3.63, 3.8) is 0 Å². The number of Topliss-reactive ketones (excluding diaryl/α,β-unsaturated/α-hetero) is 1. The van der Waals surface area contributed by atoms with Crippen LogP contribution in [0, 0.1) is 6.92 Å². The fourth-order valence-corrected chi connectivity index (χ4v) is 4.50. The number of thioether (sulfide) groups is 1. The number of sulfonamides is 1. The molecule has 7 nitrogen and oxygen atoms in total. The number of halogens is 1. The summed E-state index contributed by atoms with van der Waals surface area (Å²) in [7, 11) is -1.77. The first-order chi connectivity index (χ1) is 14.1. The molecule has 0 amide bonds. The fraction of sp³-hybridized carbons (Fsp3) is 0.250. The van der Waals surface area contributed by atoms with E-state index < -0.39 is 10.0 Å². The monoisotopic (exact) mass is 464 g/mol. The average Bonchev–Trinajstić information content (AvgIpc) is 3.04. The van der Waals surface area contributed by atoms with Crippen LogP contribution in [-0.2, 0) is 23.6 Å². The third-order valence-corrected chi connectivity index (χ3v) is 6.84. The molecule has 0 bridgehead atoms. The van der Waals surface area contributed by atoms with Gasteiger partial charge in [0.15, 0.2) is 16.8 Å². The van der Waals surface area contributed by atoms with Gasteiger partial charge in [-0.2, -0.15) is 0 Å². The Bertz CT molecular complexity index is 1140.